The Hall–Kier alpha value is -5.64. The standard InChI is InChI=1S/C46H33NOS/c1-3-12-30(13-4-1)31-22-24-33(25-23-31)47(34-26-27-44-40(28-34)36-17-9-10-21-43(36)49-44)41-20-11-19-38-45-37-18-8-7-16-35(37)39(29-42(45)48-46(38)41)32-14-5-2-6-15-32/h1-24,26-29,33,38,46H,25H2. The van der Waals surface area contributed by atoms with Gasteiger partial charge in [-0.2, -0.15) is 0 Å². The lowest BCUT2D eigenvalue weighted by molar-refractivity contribution is 0.250. The quantitative estimate of drug-likeness (QED) is 0.184. The second-order valence-corrected chi connectivity index (χ2v) is 14.2. The summed E-state index contributed by atoms with van der Waals surface area (Å²) in [6, 6.07) is 48.4. The zero-order valence-corrected chi connectivity index (χ0v) is 27.7. The van der Waals surface area contributed by atoms with Crippen LogP contribution >= 0.6 is 11.3 Å². The van der Waals surface area contributed by atoms with Crippen molar-refractivity contribution in [2.24, 2.45) is 0 Å². The van der Waals surface area contributed by atoms with Crippen LogP contribution in [0.5, 0.6) is 5.75 Å². The maximum absolute atomic E-state index is 7.12. The fraction of sp³-hybridized carbons (Fsp3) is 0.0870. The van der Waals surface area contributed by atoms with Gasteiger partial charge in [0, 0.05) is 37.3 Å². The van der Waals surface area contributed by atoms with E-state index in [1.807, 2.05) is 11.3 Å². The van der Waals surface area contributed by atoms with Crippen molar-refractivity contribution < 1.29 is 4.74 Å². The lowest BCUT2D eigenvalue weighted by Crippen LogP contribution is -2.41. The number of nitrogens with zero attached hydrogens (tertiary/aromatic N) is 1. The molecule has 0 saturated heterocycles. The summed E-state index contributed by atoms with van der Waals surface area (Å²) in [6.45, 7) is 0. The fourth-order valence-corrected chi connectivity index (χ4v) is 9.19. The predicted molar refractivity (Wildman–Crippen MR) is 208 cm³/mol. The molecule has 3 unspecified atom stereocenters. The minimum absolute atomic E-state index is 0.112. The summed E-state index contributed by atoms with van der Waals surface area (Å²) in [4.78, 5) is 2.55. The van der Waals surface area contributed by atoms with E-state index < -0.39 is 0 Å². The van der Waals surface area contributed by atoms with Crippen LogP contribution in [-0.4, -0.2) is 12.1 Å². The van der Waals surface area contributed by atoms with Gasteiger partial charge in [0.2, 0.25) is 0 Å². The lowest BCUT2D eigenvalue weighted by atomic mass is 9.84. The summed E-state index contributed by atoms with van der Waals surface area (Å²) in [5, 5.41) is 5.15. The zero-order chi connectivity index (χ0) is 32.3. The number of hydrogen-bond donors (Lipinski definition) is 0. The Labute approximate surface area is 290 Å². The average molecular weight is 648 g/mol. The van der Waals surface area contributed by atoms with Crippen molar-refractivity contribution in [1.29, 1.82) is 0 Å². The number of thiophene rings is 1. The molecule has 2 aliphatic carbocycles. The molecular formula is C46H33NOS. The molecule has 2 heterocycles. The highest BCUT2D eigenvalue weighted by molar-refractivity contribution is 7.25. The van der Waals surface area contributed by atoms with Crippen LogP contribution in [0.15, 0.2) is 176 Å². The molecule has 10 rings (SSSR count). The molecule has 3 heteroatoms. The molecule has 2 nitrogen and oxygen atoms in total. The van der Waals surface area contributed by atoms with E-state index in [9.17, 15) is 0 Å². The van der Waals surface area contributed by atoms with E-state index >= 15 is 0 Å². The first-order valence-corrected chi connectivity index (χ1v) is 17.9. The molecule has 0 fully saturated rings. The van der Waals surface area contributed by atoms with Gasteiger partial charge >= 0.3 is 0 Å². The summed E-state index contributed by atoms with van der Waals surface area (Å²) in [7, 11) is 0. The van der Waals surface area contributed by atoms with E-state index in [-0.39, 0.29) is 18.1 Å². The molecule has 0 N–H and O–H groups in total. The molecule has 0 amide bonds. The Kier molecular flexibility index (Phi) is 6.66. The Morgan fingerprint density at radius 3 is 2.14 bits per heavy atom. The first-order chi connectivity index (χ1) is 24.3. The molecule has 1 aliphatic heterocycles. The second kappa shape index (κ2) is 11.5. The van der Waals surface area contributed by atoms with Crippen molar-refractivity contribution in [3.8, 4) is 16.9 Å². The molecule has 7 aromatic rings. The first-order valence-electron chi connectivity index (χ1n) is 17.1. The van der Waals surface area contributed by atoms with Crippen LogP contribution in [0.2, 0.25) is 0 Å². The molecule has 1 aromatic heterocycles. The highest BCUT2D eigenvalue weighted by Gasteiger charge is 2.42. The third-order valence-corrected chi connectivity index (χ3v) is 11.5. The monoisotopic (exact) mass is 647 g/mol. The smallest absolute Gasteiger partial charge is 0.149 e. The van der Waals surface area contributed by atoms with E-state index in [1.54, 1.807) is 0 Å². The largest absolute Gasteiger partial charge is 0.483 e. The number of ether oxygens (including phenoxy) is 1. The Bertz CT molecular complexity index is 2520. The second-order valence-electron chi connectivity index (χ2n) is 13.1. The van der Waals surface area contributed by atoms with Crippen LogP contribution in [0.3, 0.4) is 0 Å². The number of allylic oxidation sites excluding steroid dienone is 4. The Balaban J connectivity index is 1.10. The normalized spacial score (nSPS) is 19.4. The van der Waals surface area contributed by atoms with Crippen molar-refractivity contribution in [3.05, 3.63) is 187 Å². The molecular weight excluding hydrogens is 615 g/mol. The van der Waals surface area contributed by atoms with Crippen LogP contribution < -0.4 is 9.64 Å². The van der Waals surface area contributed by atoms with E-state index in [0.717, 1.165) is 12.2 Å². The van der Waals surface area contributed by atoms with Gasteiger partial charge in [-0.1, -0.05) is 134 Å². The number of fused-ring (bicyclic) bond motifs is 8. The van der Waals surface area contributed by atoms with Crippen LogP contribution in [0.1, 0.15) is 23.5 Å². The number of anilines is 1. The molecule has 234 valence electrons. The maximum atomic E-state index is 7.12. The van der Waals surface area contributed by atoms with Gasteiger partial charge in [-0.25, -0.2) is 0 Å². The minimum atomic E-state index is -0.141. The van der Waals surface area contributed by atoms with Gasteiger partial charge in [-0.3, -0.25) is 0 Å². The van der Waals surface area contributed by atoms with Gasteiger partial charge in [0.1, 0.15) is 11.9 Å². The number of hydrogen-bond acceptors (Lipinski definition) is 3. The van der Waals surface area contributed by atoms with E-state index in [1.165, 1.54) is 70.2 Å². The Morgan fingerprint density at radius 2 is 1.35 bits per heavy atom. The topological polar surface area (TPSA) is 12.5 Å². The van der Waals surface area contributed by atoms with E-state index in [0.29, 0.717) is 0 Å². The van der Waals surface area contributed by atoms with E-state index in [4.69, 9.17) is 4.74 Å². The van der Waals surface area contributed by atoms with Crippen molar-refractivity contribution in [2.75, 3.05) is 4.90 Å². The van der Waals surface area contributed by atoms with Crippen LogP contribution in [0.25, 0.3) is 47.6 Å². The van der Waals surface area contributed by atoms with Gasteiger partial charge in [0.25, 0.3) is 0 Å². The minimum Gasteiger partial charge on any atom is -0.483 e. The highest BCUT2D eigenvalue weighted by atomic mass is 32.1. The molecule has 6 aromatic carbocycles. The van der Waals surface area contributed by atoms with Crippen molar-refractivity contribution in [1.82, 2.24) is 0 Å². The molecule has 49 heavy (non-hydrogen) atoms. The van der Waals surface area contributed by atoms with Gasteiger partial charge < -0.3 is 9.64 Å². The van der Waals surface area contributed by atoms with Crippen molar-refractivity contribution in [3.63, 3.8) is 0 Å². The zero-order valence-electron chi connectivity index (χ0n) is 26.9. The molecule has 3 aliphatic rings. The fourth-order valence-electron chi connectivity index (χ4n) is 8.10. The van der Waals surface area contributed by atoms with Crippen LogP contribution in [-0.2, 0) is 0 Å². The predicted octanol–water partition coefficient (Wildman–Crippen LogP) is 12.1. The summed E-state index contributed by atoms with van der Waals surface area (Å²) < 4.78 is 9.76. The average Bonchev–Trinajstić information content (AvgIpc) is 3.74. The van der Waals surface area contributed by atoms with Crippen molar-refractivity contribution in [2.45, 2.75) is 24.5 Å². The van der Waals surface area contributed by atoms with Gasteiger partial charge in [-0.15, -0.1) is 11.3 Å². The summed E-state index contributed by atoms with van der Waals surface area (Å²) >= 11 is 1.87. The van der Waals surface area contributed by atoms with Crippen LogP contribution in [0.4, 0.5) is 5.69 Å². The number of rotatable bonds is 5. The van der Waals surface area contributed by atoms with Crippen molar-refractivity contribution >= 4 is 53.5 Å². The number of benzene rings is 6. The molecule has 0 radical (unpaired) electrons. The molecule has 0 bridgehead atoms. The SMILES string of the molecule is C1=CC2c3c(cc(-c4ccccc4)c4ccccc34)OC2C(N(c2ccc3sc4ccccc4c3c2)C2C=CC(c3ccccc3)=CC2)=C1. The summed E-state index contributed by atoms with van der Waals surface area (Å²) in [5.74, 6) is 1.09. The van der Waals surface area contributed by atoms with E-state index in [2.05, 4.69) is 175 Å². The van der Waals surface area contributed by atoms with Gasteiger partial charge in [-0.05, 0) is 75.9 Å². The maximum Gasteiger partial charge on any atom is 0.149 e. The van der Waals surface area contributed by atoms with Crippen LogP contribution in [0, 0.1) is 0 Å². The highest BCUT2D eigenvalue weighted by Crippen LogP contribution is 2.51. The third-order valence-electron chi connectivity index (χ3n) is 10.4. The van der Waals surface area contributed by atoms with Gasteiger partial charge in [0.15, 0.2) is 0 Å². The lowest BCUT2D eigenvalue weighted by Gasteiger charge is -2.39. The third kappa shape index (κ3) is 4.68. The first kappa shape index (κ1) is 28.4. The Morgan fingerprint density at radius 1 is 0.633 bits per heavy atom. The molecule has 3 atom stereocenters. The molecule has 0 spiro atoms. The summed E-state index contributed by atoms with van der Waals surface area (Å²) in [6.07, 6.45) is 14.7. The molecule has 0 saturated carbocycles. The van der Waals surface area contributed by atoms with Gasteiger partial charge in [0.05, 0.1) is 11.7 Å². The summed E-state index contributed by atoms with van der Waals surface area (Å²) in [5.41, 5.74) is 8.62.